The Hall–Kier alpha value is -2.50. The van der Waals surface area contributed by atoms with E-state index in [0.717, 1.165) is 31.4 Å². The zero-order valence-corrected chi connectivity index (χ0v) is 14.1. The van der Waals surface area contributed by atoms with Crippen molar-refractivity contribution in [1.29, 1.82) is 0 Å². The molecular weight excluding hydrogens is 316 g/mol. The predicted molar refractivity (Wildman–Crippen MR) is 94.9 cm³/mol. The first kappa shape index (κ1) is 17.3. The summed E-state index contributed by atoms with van der Waals surface area (Å²) in [6.45, 7) is 1.75. The van der Waals surface area contributed by atoms with Gasteiger partial charge in [0.25, 0.3) is 11.8 Å². The lowest BCUT2D eigenvalue weighted by Gasteiger charge is -2.13. The van der Waals surface area contributed by atoms with Crippen LogP contribution in [0.2, 0.25) is 0 Å². The number of imide groups is 1. The summed E-state index contributed by atoms with van der Waals surface area (Å²) in [5.74, 6) is -0.352. The molecule has 0 radical (unpaired) electrons. The molecule has 5 heteroatoms. The quantitative estimate of drug-likeness (QED) is 0.433. The molecule has 130 valence electrons. The molecule has 0 aliphatic carbocycles. The summed E-state index contributed by atoms with van der Waals surface area (Å²) in [7, 11) is 0. The molecule has 0 atom stereocenters. The number of hydrogen-bond donors (Lipinski definition) is 1. The van der Waals surface area contributed by atoms with E-state index < -0.39 is 0 Å². The van der Waals surface area contributed by atoms with Crippen LogP contribution in [-0.4, -0.2) is 29.8 Å². The van der Waals surface area contributed by atoms with Crippen molar-refractivity contribution in [2.75, 3.05) is 13.1 Å². The van der Waals surface area contributed by atoms with Crippen LogP contribution in [0.5, 0.6) is 0 Å². The van der Waals surface area contributed by atoms with Gasteiger partial charge in [0.2, 0.25) is 0 Å². The molecule has 5 nitrogen and oxygen atoms in total. The summed E-state index contributed by atoms with van der Waals surface area (Å²) >= 11 is 0. The van der Waals surface area contributed by atoms with Gasteiger partial charge in [0.15, 0.2) is 0 Å². The van der Waals surface area contributed by atoms with E-state index in [1.54, 1.807) is 24.3 Å². The smallest absolute Gasteiger partial charge is 0.261 e. The maximum absolute atomic E-state index is 12.2. The van der Waals surface area contributed by atoms with Crippen LogP contribution in [0, 0.1) is 0 Å². The van der Waals surface area contributed by atoms with Gasteiger partial charge in [0.05, 0.1) is 17.7 Å². The molecule has 0 saturated heterocycles. The first-order valence-electron chi connectivity index (χ1n) is 8.61. The second-order valence-electron chi connectivity index (χ2n) is 6.04. The van der Waals surface area contributed by atoms with Gasteiger partial charge < -0.3 is 0 Å². The first-order valence-corrected chi connectivity index (χ1v) is 8.61. The van der Waals surface area contributed by atoms with Crippen molar-refractivity contribution in [2.24, 2.45) is 0 Å². The molecule has 0 bridgehead atoms. The van der Waals surface area contributed by atoms with E-state index >= 15 is 0 Å². The van der Waals surface area contributed by atoms with Crippen LogP contribution in [0.4, 0.5) is 0 Å². The second-order valence-corrected chi connectivity index (χ2v) is 6.04. The third kappa shape index (κ3) is 4.32. The Labute approximate surface area is 147 Å². The third-order valence-electron chi connectivity index (χ3n) is 4.22. The highest BCUT2D eigenvalue weighted by atomic mass is 16.6. The van der Waals surface area contributed by atoms with Crippen molar-refractivity contribution >= 4 is 11.8 Å². The molecule has 25 heavy (non-hydrogen) atoms. The number of amides is 2. The standard InChI is InChI=1S/C20H22N2O3/c23-19-17-11-5-6-12-18(17)20(24)22(19)14-8-2-7-13-21-25-15-16-9-3-1-4-10-16/h1,3-6,9-12,21H,2,7-8,13-15H2. The first-order chi connectivity index (χ1) is 12.3. The van der Waals surface area contributed by atoms with Gasteiger partial charge in [-0.05, 0) is 30.5 Å². The van der Waals surface area contributed by atoms with Crippen LogP contribution in [0.15, 0.2) is 54.6 Å². The molecule has 0 aromatic heterocycles. The number of carbonyl (C=O) groups is 2. The number of rotatable bonds is 9. The van der Waals surface area contributed by atoms with Gasteiger partial charge in [0, 0.05) is 13.1 Å². The monoisotopic (exact) mass is 338 g/mol. The zero-order valence-electron chi connectivity index (χ0n) is 14.1. The molecule has 0 spiro atoms. The Morgan fingerprint density at radius 2 is 1.44 bits per heavy atom. The van der Waals surface area contributed by atoms with Gasteiger partial charge >= 0.3 is 0 Å². The molecule has 2 amide bonds. The number of hydroxylamine groups is 1. The van der Waals surface area contributed by atoms with E-state index in [1.165, 1.54) is 4.90 Å². The van der Waals surface area contributed by atoms with Gasteiger partial charge in [-0.2, -0.15) is 0 Å². The highest BCUT2D eigenvalue weighted by molar-refractivity contribution is 6.21. The number of hydrogen-bond acceptors (Lipinski definition) is 4. The lowest BCUT2D eigenvalue weighted by atomic mass is 10.1. The van der Waals surface area contributed by atoms with Crippen molar-refractivity contribution < 1.29 is 14.4 Å². The number of unbranched alkanes of at least 4 members (excludes halogenated alkanes) is 2. The maximum Gasteiger partial charge on any atom is 0.261 e. The molecule has 0 unspecified atom stereocenters. The Morgan fingerprint density at radius 3 is 2.12 bits per heavy atom. The normalized spacial score (nSPS) is 13.4. The fourth-order valence-corrected chi connectivity index (χ4v) is 2.87. The number of nitrogens with one attached hydrogen (secondary N) is 1. The minimum atomic E-state index is -0.176. The zero-order chi connectivity index (χ0) is 17.5. The second kappa shape index (κ2) is 8.55. The fraction of sp³-hybridized carbons (Fsp3) is 0.300. The Kier molecular flexibility index (Phi) is 5.93. The van der Waals surface area contributed by atoms with Crippen molar-refractivity contribution in [3.05, 3.63) is 71.3 Å². The minimum absolute atomic E-state index is 0.176. The molecule has 3 rings (SSSR count). The summed E-state index contributed by atoms with van der Waals surface area (Å²) < 4.78 is 0. The summed E-state index contributed by atoms with van der Waals surface area (Å²) in [5, 5.41) is 0. The van der Waals surface area contributed by atoms with Crippen molar-refractivity contribution in [2.45, 2.75) is 25.9 Å². The van der Waals surface area contributed by atoms with E-state index in [-0.39, 0.29) is 11.8 Å². The maximum atomic E-state index is 12.2. The lowest BCUT2D eigenvalue weighted by Crippen LogP contribution is -2.30. The lowest BCUT2D eigenvalue weighted by molar-refractivity contribution is 0.0271. The Morgan fingerprint density at radius 1 is 0.800 bits per heavy atom. The van der Waals surface area contributed by atoms with Crippen molar-refractivity contribution in [1.82, 2.24) is 10.4 Å². The van der Waals surface area contributed by atoms with Crippen LogP contribution in [0.25, 0.3) is 0 Å². The van der Waals surface area contributed by atoms with Gasteiger partial charge in [-0.3, -0.25) is 19.3 Å². The number of benzene rings is 2. The molecule has 0 fully saturated rings. The van der Waals surface area contributed by atoms with Gasteiger partial charge in [-0.15, -0.1) is 0 Å². The van der Waals surface area contributed by atoms with E-state index in [1.807, 2.05) is 30.3 Å². The number of fused-ring (bicyclic) bond motifs is 1. The van der Waals surface area contributed by atoms with E-state index in [9.17, 15) is 9.59 Å². The molecule has 1 aliphatic rings. The largest absolute Gasteiger partial charge is 0.297 e. The van der Waals surface area contributed by atoms with Gasteiger partial charge in [0.1, 0.15) is 0 Å². The molecule has 2 aromatic rings. The summed E-state index contributed by atoms with van der Waals surface area (Å²) in [6.07, 6.45) is 2.65. The fourth-order valence-electron chi connectivity index (χ4n) is 2.87. The Bertz CT molecular complexity index is 696. The van der Waals surface area contributed by atoms with E-state index in [0.29, 0.717) is 24.3 Å². The molecule has 0 saturated carbocycles. The average Bonchev–Trinajstić information content (AvgIpc) is 2.90. The third-order valence-corrected chi connectivity index (χ3v) is 4.22. The van der Waals surface area contributed by atoms with Crippen LogP contribution < -0.4 is 5.48 Å². The number of carbonyl (C=O) groups excluding carboxylic acids is 2. The van der Waals surface area contributed by atoms with Crippen LogP contribution in [0.3, 0.4) is 0 Å². The van der Waals surface area contributed by atoms with E-state index in [2.05, 4.69) is 5.48 Å². The molecule has 1 heterocycles. The summed E-state index contributed by atoms with van der Waals surface area (Å²) in [4.78, 5) is 31.2. The predicted octanol–water partition coefficient (Wildman–Crippen LogP) is 3.17. The van der Waals surface area contributed by atoms with Crippen LogP contribution in [0.1, 0.15) is 45.5 Å². The van der Waals surface area contributed by atoms with Crippen LogP contribution in [-0.2, 0) is 11.4 Å². The molecule has 1 aliphatic heterocycles. The topological polar surface area (TPSA) is 58.6 Å². The SMILES string of the molecule is O=C1c2ccccc2C(=O)N1CCCCCNOCc1ccccc1. The molecule has 1 N–H and O–H groups in total. The average molecular weight is 338 g/mol. The molecular formula is C20H22N2O3. The van der Waals surface area contributed by atoms with Gasteiger partial charge in [-0.1, -0.05) is 48.9 Å². The van der Waals surface area contributed by atoms with E-state index in [4.69, 9.17) is 4.84 Å². The summed E-state index contributed by atoms with van der Waals surface area (Å²) in [5.41, 5.74) is 5.11. The summed E-state index contributed by atoms with van der Waals surface area (Å²) in [6, 6.07) is 17.0. The molecule has 2 aromatic carbocycles. The number of nitrogens with zero attached hydrogens (tertiary/aromatic N) is 1. The van der Waals surface area contributed by atoms with Gasteiger partial charge in [-0.25, -0.2) is 5.48 Å². The highest BCUT2D eigenvalue weighted by Crippen LogP contribution is 2.22. The minimum Gasteiger partial charge on any atom is -0.297 e. The van der Waals surface area contributed by atoms with Crippen molar-refractivity contribution in [3.63, 3.8) is 0 Å². The van der Waals surface area contributed by atoms with Crippen LogP contribution >= 0.6 is 0 Å². The van der Waals surface area contributed by atoms with Crippen molar-refractivity contribution in [3.8, 4) is 0 Å². The highest BCUT2D eigenvalue weighted by Gasteiger charge is 2.34. The Balaban J connectivity index is 1.29.